The average Bonchev–Trinajstić information content (AvgIpc) is 2.70. The zero-order chi connectivity index (χ0) is 22.1. The Morgan fingerprint density at radius 1 is 1.13 bits per heavy atom. The van der Waals surface area contributed by atoms with Crippen molar-refractivity contribution in [2.24, 2.45) is 0 Å². The van der Waals surface area contributed by atoms with Gasteiger partial charge in [-0.25, -0.2) is 12.8 Å². The Morgan fingerprint density at radius 3 is 2.40 bits per heavy atom. The van der Waals surface area contributed by atoms with Gasteiger partial charge >= 0.3 is 0 Å². The van der Waals surface area contributed by atoms with E-state index in [4.69, 9.17) is 4.74 Å². The predicted octanol–water partition coefficient (Wildman–Crippen LogP) is 3.52. The van der Waals surface area contributed by atoms with Crippen LogP contribution in [-0.4, -0.2) is 39.8 Å². The summed E-state index contributed by atoms with van der Waals surface area (Å²) in [6, 6.07) is 11.9. The van der Waals surface area contributed by atoms with E-state index in [1.54, 1.807) is 6.92 Å². The molecule has 0 saturated heterocycles. The van der Waals surface area contributed by atoms with Crippen molar-refractivity contribution in [1.29, 1.82) is 0 Å². The molecule has 2 aromatic carbocycles. The monoisotopic (exact) mass is 436 g/mol. The van der Waals surface area contributed by atoms with Crippen LogP contribution in [0.2, 0.25) is 0 Å². The summed E-state index contributed by atoms with van der Waals surface area (Å²) in [7, 11) is -3.74. The quantitative estimate of drug-likeness (QED) is 0.547. The highest BCUT2D eigenvalue weighted by Gasteiger charge is 2.31. The molecular formula is C22H29FN2O4S. The smallest absolute Gasteiger partial charge is 0.243 e. The highest BCUT2D eigenvalue weighted by atomic mass is 32.2. The summed E-state index contributed by atoms with van der Waals surface area (Å²) in [4.78, 5) is 12.8. The van der Waals surface area contributed by atoms with Crippen LogP contribution >= 0.6 is 0 Å². The normalized spacial score (nSPS) is 12.3. The van der Waals surface area contributed by atoms with Crippen LogP contribution in [0.5, 0.6) is 5.75 Å². The second kappa shape index (κ2) is 11.0. The first-order valence-corrected chi connectivity index (χ1v) is 11.9. The van der Waals surface area contributed by atoms with Crippen molar-refractivity contribution in [2.75, 3.05) is 23.7 Å². The largest absolute Gasteiger partial charge is 0.494 e. The van der Waals surface area contributed by atoms with E-state index in [2.05, 4.69) is 5.32 Å². The van der Waals surface area contributed by atoms with Crippen LogP contribution in [0.1, 0.15) is 32.3 Å². The highest BCUT2D eigenvalue weighted by Crippen LogP contribution is 2.23. The van der Waals surface area contributed by atoms with E-state index in [0.29, 0.717) is 19.6 Å². The topological polar surface area (TPSA) is 75.7 Å². The molecule has 0 bridgehead atoms. The van der Waals surface area contributed by atoms with Gasteiger partial charge in [-0.05, 0) is 62.1 Å². The highest BCUT2D eigenvalue weighted by molar-refractivity contribution is 7.92. The molecule has 0 heterocycles. The molecule has 0 aliphatic heterocycles. The number of amides is 1. The zero-order valence-corrected chi connectivity index (χ0v) is 18.4. The molecule has 1 amide bonds. The van der Waals surface area contributed by atoms with Crippen molar-refractivity contribution in [3.05, 3.63) is 59.9 Å². The van der Waals surface area contributed by atoms with Gasteiger partial charge in [0.1, 0.15) is 17.6 Å². The molecule has 6 nitrogen and oxygen atoms in total. The fourth-order valence-corrected chi connectivity index (χ4v) is 4.47. The molecule has 30 heavy (non-hydrogen) atoms. The first-order valence-electron chi connectivity index (χ1n) is 10.0. The second-order valence-electron chi connectivity index (χ2n) is 6.89. The maximum Gasteiger partial charge on any atom is 0.243 e. The van der Waals surface area contributed by atoms with Gasteiger partial charge in [0.05, 0.1) is 18.6 Å². The van der Waals surface area contributed by atoms with Gasteiger partial charge in [-0.15, -0.1) is 0 Å². The molecule has 164 valence electrons. The van der Waals surface area contributed by atoms with Crippen molar-refractivity contribution in [3.8, 4) is 5.75 Å². The Hall–Kier alpha value is -2.61. The van der Waals surface area contributed by atoms with E-state index < -0.39 is 21.9 Å². The van der Waals surface area contributed by atoms with Crippen LogP contribution in [-0.2, 0) is 21.2 Å². The number of benzene rings is 2. The molecule has 0 spiro atoms. The summed E-state index contributed by atoms with van der Waals surface area (Å²) in [6.45, 7) is 4.65. The molecule has 0 aliphatic rings. The summed E-state index contributed by atoms with van der Waals surface area (Å²) >= 11 is 0. The van der Waals surface area contributed by atoms with Crippen LogP contribution < -0.4 is 14.4 Å². The number of nitrogens with zero attached hydrogens (tertiary/aromatic N) is 1. The van der Waals surface area contributed by atoms with E-state index in [9.17, 15) is 17.6 Å². The molecule has 0 radical (unpaired) electrons. The summed E-state index contributed by atoms with van der Waals surface area (Å²) in [5.41, 5.74) is 1.32. The Morgan fingerprint density at radius 2 is 1.80 bits per heavy atom. The van der Waals surface area contributed by atoms with Crippen LogP contribution in [0.25, 0.3) is 0 Å². The summed E-state index contributed by atoms with van der Waals surface area (Å²) in [5.74, 6) is -0.0281. The van der Waals surface area contributed by atoms with E-state index in [-0.39, 0.29) is 18.0 Å². The first kappa shape index (κ1) is 23.7. The van der Waals surface area contributed by atoms with E-state index in [0.717, 1.165) is 28.3 Å². The Bertz CT molecular complexity index is 932. The molecule has 1 N–H and O–H groups in total. The van der Waals surface area contributed by atoms with Crippen molar-refractivity contribution in [3.63, 3.8) is 0 Å². The lowest BCUT2D eigenvalue weighted by Crippen LogP contribution is -2.49. The fraction of sp³-hybridized carbons (Fsp3) is 0.409. The fourth-order valence-electron chi connectivity index (χ4n) is 3.26. The average molecular weight is 437 g/mol. The van der Waals surface area contributed by atoms with Gasteiger partial charge in [0.15, 0.2) is 0 Å². The molecule has 0 saturated carbocycles. The molecule has 0 aromatic heterocycles. The zero-order valence-electron chi connectivity index (χ0n) is 17.6. The summed E-state index contributed by atoms with van der Waals surface area (Å²) < 4.78 is 44.7. The third-order valence-corrected chi connectivity index (χ3v) is 5.79. The van der Waals surface area contributed by atoms with Crippen molar-refractivity contribution < 1.29 is 22.3 Å². The van der Waals surface area contributed by atoms with Crippen LogP contribution in [0.15, 0.2) is 48.5 Å². The lowest BCUT2D eigenvalue weighted by Gasteiger charge is -2.30. The molecule has 2 aromatic rings. The number of ether oxygens (including phenoxy) is 1. The van der Waals surface area contributed by atoms with Gasteiger partial charge in [-0.3, -0.25) is 9.10 Å². The minimum atomic E-state index is -3.74. The van der Waals surface area contributed by atoms with Crippen molar-refractivity contribution in [2.45, 2.75) is 39.2 Å². The van der Waals surface area contributed by atoms with Crippen molar-refractivity contribution in [1.82, 2.24) is 5.32 Å². The lowest BCUT2D eigenvalue weighted by molar-refractivity contribution is -0.122. The lowest BCUT2D eigenvalue weighted by atomic mass is 10.1. The number of aryl methyl sites for hydroxylation is 1. The third-order valence-electron chi connectivity index (χ3n) is 4.61. The SMILES string of the molecule is CCOc1ccccc1CCCNC(=O)[C@@H](CC)N(c1ccc(F)cc1)S(C)(=O)=O. The number of carbonyl (C=O) groups is 1. The Kier molecular flexibility index (Phi) is 8.65. The maximum absolute atomic E-state index is 13.3. The number of sulfonamides is 1. The summed E-state index contributed by atoms with van der Waals surface area (Å²) in [6.07, 6.45) is 2.73. The molecular weight excluding hydrogens is 407 g/mol. The van der Waals surface area contributed by atoms with Crippen LogP contribution in [0.4, 0.5) is 10.1 Å². The molecule has 0 aliphatic carbocycles. The van der Waals surface area contributed by atoms with E-state index in [1.165, 1.54) is 24.3 Å². The van der Waals surface area contributed by atoms with Crippen LogP contribution in [0, 0.1) is 5.82 Å². The third kappa shape index (κ3) is 6.45. The molecule has 2 rings (SSSR count). The number of halogens is 1. The number of rotatable bonds is 11. The molecule has 1 atom stereocenters. The second-order valence-corrected chi connectivity index (χ2v) is 8.75. The van der Waals surface area contributed by atoms with Gasteiger partial charge in [-0.2, -0.15) is 0 Å². The standard InChI is InChI=1S/C22H29FN2O4S/c1-4-20(25(30(3,27)28)19-14-12-18(23)13-15-19)22(26)24-16-8-10-17-9-6-7-11-21(17)29-5-2/h6-7,9,11-15,20H,4-5,8,10,16H2,1-3H3,(H,24,26)/t20-/m1/s1. The number of carbonyl (C=O) groups excluding carboxylic acids is 1. The molecule has 8 heteroatoms. The first-order chi connectivity index (χ1) is 14.3. The van der Waals surface area contributed by atoms with Crippen molar-refractivity contribution >= 4 is 21.6 Å². The maximum atomic E-state index is 13.3. The van der Waals surface area contributed by atoms with Crippen LogP contribution in [0.3, 0.4) is 0 Å². The summed E-state index contributed by atoms with van der Waals surface area (Å²) in [5, 5.41) is 2.83. The van der Waals surface area contributed by atoms with Gasteiger partial charge in [0, 0.05) is 6.54 Å². The van der Waals surface area contributed by atoms with Gasteiger partial charge in [-0.1, -0.05) is 25.1 Å². The van der Waals surface area contributed by atoms with E-state index >= 15 is 0 Å². The molecule has 0 fully saturated rings. The number of para-hydroxylation sites is 1. The number of nitrogens with one attached hydrogen (secondary N) is 1. The van der Waals surface area contributed by atoms with Gasteiger partial charge in [0.25, 0.3) is 0 Å². The van der Waals surface area contributed by atoms with Gasteiger partial charge in [0.2, 0.25) is 15.9 Å². The minimum absolute atomic E-state index is 0.256. The minimum Gasteiger partial charge on any atom is -0.494 e. The predicted molar refractivity (Wildman–Crippen MR) is 117 cm³/mol. The number of hydrogen-bond donors (Lipinski definition) is 1. The Balaban J connectivity index is 2.03. The Labute approximate surface area is 178 Å². The van der Waals surface area contributed by atoms with Gasteiger partial charge < -0.3 is 10.1 Å². The number of anilines is 1. The van der Waals surface area contributed by atoms with E-state index in [1.807, 2.05) is 31.2 Å². The molecule has 0 unspecified atom stereocenters. The number of hydrogen-bond acceptors (Lipinski definition) is 4.